The van der Waals surface area contributed by atoms with Gasteiger partial charge in [0.25, 0.3) is 0 Å². The summed E-state index contributed by atoms with van der Waals surface area (Å²) in [5.74, 6) is 4.84. The number of rotatable bonds is 14. The average Bonchev–Trinajstić information content (AvgIpc) is 2.57. The van der Waals surface area contributed by atoms with E-state index in [1.165, 1.54) is 50.5 Å². The molecule has 0 bridgehead atoms. The quantitative estimate of drug-likeness (QED) is 0.275. The van der Waals surface area contributed by atoms with E-state index in [9.17, 15) is 0 Å². The van der Waals surface area contributed by atoms with E-state index in [1.807, 2.05) is 0 Å². The van der Waals surface area contributed by atoms with Gasteiger partial charge in [0.15, 0.2) is 0 Å². The van der Waals surface area contributed by atoms with Crippen LogP contribution in [0, 0.1) is 35.5 Å². The average molecular weight is 349 g/mol. The summed E-state index contributed by atoms with van der Waals surface area (Å²) < 4.78 is 0. The third-order valence-electron chi connectivity index (χ3n) is 6.68. The standard InChI is InChI=1S/C25H48/c1-10-13-14-16-24(18-20(6)12-3)25(17-19(4)5)23(9)22(8)21(7)15-11-2/h10,13,20-25H,4,11-12,14-18H2,1-3,5-9H3. The van der Waals surface area contributed by atoms with Crippen molar-refractivity contribution in [1.82, 2.24) is 0 Å². The van der Waals surface area contributed by atoms with Crippen LogP contribution in [0.3, 0.4) is 0 Å². The molecule has 6 atom stereocenters. The van der Waals surface area contributed by atoms with E-state index in [2.05, 4.69) is 74.1 Å². The van der Waals surface area contributed by atoms with Crippen LogP contribution in [0.2, 0.25) is 0 Å². The first kappa shape index (κ1) is 24.5. The maximum Gasteiger partial charge on any atom is -0.0292 e. The molecule has 148 valence electrons. The van der Waals surface area contributed by atoms with Crippen molar-refractivity contribution >= 4 is 0 Å². The first-order chi connectivity index (χ1) is 11.8. The van der Waals surface area contributed by atoms with Gasteiger partial charge in [0.05, 0.1) is 0 Å². The summed E-state index contributed by atoms with van der Waals surface area (Å²) in [6, 6.07) is 0. The van der Waals surface area contributed by atoms with E-state index >= 15 is 0 Å². The second kappa shape index (κ2) is 13.7. The highest BCUT2D eigenvalue weighted by Crippen LogP contribution is 2.40. The van der Waals surface area contributed by atoms with Gasteiger partial charge in [-0.05, 0) is 75.0 Å². The summed E-state index contributed by atoms with van der Waals surface area (Å²) in [5, 5.41) is 0. The molecule has 0 aromatic carbocycles. The van der Waals surface area contributed by atoms with Gasteiger partial charge < -0.3 is 0 Å². The molecule has 0 spiro atoms. The van der Waals surface area contributed by atoms with Crippen LogP contribution in [0.4, 0.5) is 0 Å². The Labute approximate surface area is 160 Å². The molecule has 0 amide bonds. The van der Waals surface area contributed by atoms with E-state index in [0.717, 1.165) is 35.5 Å². The first-order valence-corrected chi connectivity index (χ1v) is 11.0. The molecule has 0 radical (unpaired) electrons. The lowest BCUT2D eigenvalue weighted by Gasteiger charge is -2.38. The molecule has 0 aromatic heterocycles. The van der Waals surface area contributed by atoms with Gasteiger partial charge >= 0.3 is 0 Å². The van der Waals surface area contributed by atoms with E-state index < -0.39 is 0 Å². The summed E-state index contributed by atoms with van der Waals surface area (Å²) in [6.07, 6.45) is 13.7. The number of hydrogen-bond donors (Lipinski definition) is 0. The van der Waals surface area contributed by atoms with Crippen molar-refractivity contribution < 1.29 is 0 Å². The molecule has 6 unspecified atom stereocenters. The van der Waals surface area contributed by atoms with Crippen LogP contribution >= 0.6 is 0 Å². The topological polar surface area (TPSA) is 0 Å². The van der Waals surface area contributed by atoms with Crippen molar-refractivity contribution in [2.75, 3.05) is 0 Å². The highest BCUT2D eigenvalue weighted by molar-refractivity contribution is 4.95. The fraction of sp³-hybridized carbons (Fsp3) is 0.840. The van der Waals surface area contributed by atoms with Crippen LogP contribution < -0.4 is 0 Å². The Balaban J connectivity index is 5.35. The molecule has 0 heteroatoms. The molecule has 0 N–H and O–H groups in total. The summed E-state index contributed by atoms with van der Waals surface area (Å²) in [5.41, 5.74) is 1.37. The largest absolute Gasteiger partial charge is 0.100 e. The molecular formula is C25H48. The lowest BCUT2D eigenvalue weighted by atomic mass is 9.67. The molecule has 25 heavy (non-hydrogen) atoms. The zero-order valence-electron chi connectivity index (χ0n) is 18.8. The molecule has 0 saturated heterocycles. The third kappa shape index (κ3) is 9.66. The molecule has 0 nitrogen and oxygen atoms in total. The van der Waals surface area contributed by atoms with Gasteiger partial charge in [0.1, 0.15) is 0 Å². The van der Waals surface area contributed by atoms with E-state index in [0.29, 0.717) is 0 Å². The molecule has 0 fully saturated rings. The van der Waals surface area contributed by atoms with Crippen LogP contribution in [0.1, 0.15) is 100 Å². The van der Waals surface area contributed by atoms with Gasteiger partial charge in [-0.3, -0.25) is 0 Å². The zero-order chi connectivity index (χ0) is 19.4. The summed E-state index contributed by atoms with van der Waals surface area (Å²) in [6.45, 7) is 23.3. The minimum Gasteiger partial charge on any atom is -0.100 e. The van der Waals surface area contributed by atoms with Gasteiger partial charge in [-0.25, -0.2) is 0 Å². The highest BCUT2D eigenvalue weighted by Gasteiger charge is 2.32. The van der Waals surface area contributed by atoms with Crippen molar-refractivity contribution in [3.63, 3.8) is 0 Å². The molecular weight excluding hydrogens is 300 g/mol. The van der Waals surface area contributed by atoms with Crippen LogP contribution in [-0.2, 0) is 0 Å². The molecule has 0 heterocycles. The van der Waals surface area contributed by atoms with Gasteiger partial charge in [0.2, 0.25) is 0 Å². The van der Waals surface area contributed by atoms with Gasteiger partial charge in [-0.1, -0.05) is 78.5 Å². The van der Waals surface area contributed by atoms with Crippen molar-refractivity contribution in [2.45, 2.75) is 100 Å². The Kier molecular flexibility index (Phi) is 13.4. The lowest BCUT2D eigenvalue weighted by Crippen LogP contribution is -2.30. The predicted molar refractivity (Wildman–Crippen MR) is 117 cm³/mol. The van der Waals surface area contributed by atoms with Crippen LogP contribution in [0.25, 0.3) is 0 Å². The Morgan fingerprint density at radius 3 is 2.12 bits per heavy atom. The zero-order valence-corrected chi connectivity index (χ0v) is 18.8. The van der Waals surface area contributed by atoms with Crippen molar-refractivity contribution in [3.05, 3.63) is 24.3 Å². The normalized spacial score (nSPS) is 19.4. The SMILES string of the molecule is C=C(C)CC(C(CCC=CC)CC(C)CC)C(C)C(C)C(C)CCC. The second-order valence-electron chi connectivity index (χ2n) is 8.96. The molecule has 0 saturated carbocycles. The predicted octanol–water partition coefficient (Wildman–Crippen LogP) is 8.69. The number of allylic oxidation sites excluding steroid dienone is 3. The fourth-order valence-corrected chi connectivity index (χ4v) is 4.48. The van der Waals surface area contributed by atoms with Crippen LogP contribution in [0.15, 0.2) is 24.3 Å². The van der Waals surface area contributed by atoms with E-state index in [4.69, 9.17) is 0 Å². The fourth-order valence-electron chi connectivity index (χ4n) is 4.48. The van der Waals surface area contributed by atoms with Crippen molar-refractivity contribution in [3.8, 4) is 0 Å². The highest BCUT2D eigenvalue weighted by atomic mass is 14.4. The molecule has 0 aliphatic rings. The maximum atomic E-state index is 4.28. The van der Waals surface area contributed by atoms with Crippen molar-refractivity contribution in [2.24, 2.45) is 35.5 Å². The summed E-state index contributed by atoms with van der Waals surface area (Å²) in [4.78, 5) is 0. The Bertz CT molecular complexity index is 364. The Morgan fingerprint density at radius 2 is 1.64 bits per heavy atom. The Morgan fingerprint density at radius 1 is 1.00 bits per heavy atom. The monoisotopic (exact) mass is 348 g/mol. The van der Waals surface area contributed by atoms with Gasteiger partial charge in [0, 0.05) is 0 Å². The minimum atomic E-state index is 0.776. The van der Waals surface area contributed by atoms with Crippen LogP contribution in [0.5, 0.6) is 0 Å². The van der Waals surface area contributed by atoms with Crippen LogP contribution in [-0.4, -0.2) is 0 Å². The first-order valence-electron chi connectivity index (χ1n) is 11.0. The van der Waals surface area contributed by atoms with E-state index in [-0.39, 0.29) is 0 Å². The number of hydrogen-bond acceptors (Lipinski definition) is 0. The third-order valence-corrected chi connectivity index (χ3v) is 6.68. The smallest absolute Gasteiger partial charge is 0.0292 e. The maximum absolute atomic E-state index is 4.28. The second-order valence-corrected chi connectivity index (χ2v) is 8.96. The lowest BCUT2D eigenvalue weighted by molar-refractivity contribution is 0.122. The van der Waals surface area contributed by atoms with E-state index in [1.54, 1.807) is 0 Å². The molecule has 0 aromatic rings. The molecule has 0 aliphatic carbocycles. The molecule has 0 aliphatic heterocycles. The minimum absolute atomic E-state index is 0.776. The van der Waals surface area contributed by atoms with Gasteiger partial charge in [-0.15, -0.1) is 6.58 Å². The summed E-state index contributed by atoms with van der Waals surface area (Å²) in [7, 11) is 0. The van der Waals surface area contributed by atoms with Gasteiger partial charge in [-0.2, -0.15) is 0 Å². The summed E-state index contributed by atoms with van der Waals surface area (Å²) >= 11 is 0. The van der Waals surface area contributed by atoms with Crippen molar-refractivity contribution in [1.29, 1.82) is 0 Å². The molecule has 0 rings (SSSR count). The Hall–Kier alpha value is -0.520.